The van der Waals surface area contributed by atoms with Gasteiger partial charge in [-0.05, 0) is 36.6 Å². The highest BCUT2D eigenvalue weighted by Gasteiger charge is 2.09. The van der Waals surface area contributed by atoms with E-state index in [1.165, 1.54) is 6.07 Å². The molecule has 76 valence electrons. The molecule has 0 saturated heterocycles. The number of phenolic OH excluding ortho intramolecular Hbond substituents is 1. The second kappa shape index (κ2) is 4.33. The van der Waals surface area contributed by atoms with Crippen LogP contribution in [0.4, 0.5) is 0 Å². The Kier molecular flexibility index (Phi) is 3.36. The topological polar surface area (TPSA) is 57.5 Å². The summed E-state index contributed by atoms with van der Waals surface area (Å²) in [5.74, 6) is -0.781. The van der Waals surface area contributed by atoms with Crippen LogP contribution in [-0.2, 0) is 11.2 Å². The zero-order valence-electron chi connectivity index (χ0n) is 7.75. The molecular weight excluding hydrogens is 204 g/mol. The molecule has 0 bridgehead atoms. The average Bonchev–Trinajstić information content (AvgIpc) is 2.11. The number of hydrogen-bond acceptors (Lipinski definition) is 2. The number of aromatic hydroxyl groups is 1. The van der Waals surface area contributed by atoms with Gasteiger partial charge in [-0.1, -0.05) is 11.6 Å². The predicted molar refractivity (Wildman–Crippen MR) is 53.8 cm³/mol. The van der Waals surface area contributed by atoms with E-state index >= 15 is 0 Å². The van der Waals surface area contributed by atoms with Crippen molar-refractivity contribution in [2.45, 2.75) is 19.8 Å². The van der Waals surface area contributed by atoms with Gasteiger partial charge < -0.3 is 10.2 Å². The van der Waals surface area contributed by atoms with Crippen molar-refractivity contribution >= 4 is 17.6 Å². The van der Waals surface area contributed by atoms with Crippen molar-refractivity contribution in [2.24, 2.45) is 0 Å². The molecule has 2 N–H and O–H groups in total. The van der Waals surface area contributed by atoms with Gasteiger partial charge in [0.15, 0.2) is 0 Å². The maximum Gasteiger partial charge on any atom is 0.303 e. The molecule has 3 nitrogen and oxygen atoms in total. The normalized spacial score (nSPS) is 10.1. The number of phenols is 1. The van der Waals surface area contributed by atoms with Crippen molar-refractivity contribution in [1.82, 2.24) is 0 Å². The van der Waals surface area contributed by atoms with E-state index in [1.807, 2.05) is 0 Å². The summed E-state index contributed by atoms with van der Waals surface area (Å²) in [6.45, 7) is 1.76. The second-order valence-corrected chi connectivity index (χ2v) is 3.47. The number of carboxylic acids is 1. The van der Waals surface area contributed by atoms with Gasteiger partial charge in [0.25, 0.3) is 0 Å². The molecule has 0 aliphatic rings. The molecule has 1 aromatic rings. The van der Waals surface area contributed by atoms with Crippen molar-refractivity contribution in [3.8, 4) is 5.75 Å². The molecule has 0 radical (unpaired) electrons. The van der Waals surface area contributed by atoms with Crippen LogP contribution in [0.3, 0.4) is 0 Å². The van der Waals surface area contributed by atoms with E-state index in [9.17, 15) is 9.90 Å². The third-order valence-corrected chi connectivity index (χ3v) is 2.51. The fourth-order valence-corrected chi connectivity index (χ4v) is 1.44. The molecule has 0 heterocycles. The zero-order valence-corrected chi connectivity index (χ0v) is 8.51. The van der Waals surface area contributed by atoms with Crippen molar-refractivity contribution in [3.63, 3.8) is 0 Å². The van der Waals surface area contributed by atoms with E-state index in [1.54, 1.807) is 13.0 Å². The van der Waals surface area contributed by atoms with Gasteiger partial charge in [0, 0.05) is 11.4 Å². The van der Waals surface area contributed by atoms with Gasteiger partial charge in [0.2, 0.25) is 0 Å². The first-order valence-electron chi connectivity index (χ1n) is 4.21. The Morgan fingerprint density at radius 2 is 2.14 bits per heavy atom. The molecule has 0 aromatic heterocycles. The van der Waals surface area contributed by atoms with E-state index in [0.29, 0.717) is 17.0 Å². The number of carbonyl (C=O) groups is 1. The second-order valence-electron chi connectivity index (χ2n) is 3.06. The van der Waals surface area contributed by atoms with Gasteiger partial charge in [-0.3, -0.25) is 4.79 Å². The van der Waals surface area contributed by atoms with Crippen LogP contribution in [0, 0.1) is 6.92 Å². The maximum absolute atomic E-state index is 10.4. The summed E-state index contributed by atoms with van der Waals surface area (Å²) in [5, 5.41) is 18.5. The smallest absolute Gasteiger partial charge is 0.303 e. The minimum Gasteiger partial charge on any atom is -0.508 e. The summed E-state index contributed by atoms with van der Waals surface area (Å²) in [6.07, 6.45) is 0.294. The van der Waals surface area contributed by atoms with Crippen LogP contribution >= 0.6 is 11.6 Å². The standard InChI is InChI=1S/C10H11ClO3/c1-6-7(2-5-10(13)14)9(12)4-3-8(6)11/h3-4,12H,2,5H2,1H3,(H,13,14). The molecule has 0 amide bonds. The molecule has 0 spiro atoms. The predicted octanol–water partition coefficient (Wildman–Crippen LogP) is 2.37. The Labute approximate surface area is 86.9 Å². The van der Waals surface area contributed by atoms with Crippen LogP contribution in [0.5, 0.6) is 5.75 Å². The van der Waals surface area contributed by atoms with E-state index in [0.717, 1.165) is 5.56 Å². The molecule has 0 aliphatic heterocycles. The number of halogens is 1. The summed E-state index contributed by atoms with van der Waals surface area (Å²) in [5.41, 5.74) is 1.35. The minimum absolute atomic E-state index is 0.00522. The maximum atomic E-state index is 10.4. The molecule has 0 aliphatic carbocycles. The van der Waals surface area contributed by atoms with Crippen LogP contribution in [-0.4, -0.2) is 16.2 Å². The lowest BCUT2D eigenvalue weighted by atomic mass is 10.0. The fourth-order valence-electron chi connectivity index (χ4n) is 1.26. The Morgan fingerprint density at radius 3 is 2.71 bits per heavy atom. The first-order chi connectivity index (χ1) is 6.52. The summed E-state index contributed by atoms with van der Waals surface area (Å²) in [6, 6.07) is 3.07. The Morgan fingerprint density at radius 1 is 1.50 bits per heavy atom. The highest BCUT2D eigenvalue weighted by molar-refractivity contribution is 6.31. The van der Waals surface area contributed by atoms with Crippen LogP contribution < -0.4 is 0 Å². The molecule has 0 unspecified atom stereocenters. The molecule has 1 aromatic carbocycles. The van der Waals surface area contributed by atoms with Crippen LogP contribution in [0.15, 0.2) is 12.1 Å². The molecular formula is C10H11ClO3. The van der Waals surface area contributed by atoms with Crippen molar-refractivity contribution < 1.29 is 15.0 Å². The van der Waals surface area contributed by atoms with Gasteiger partial charge in [-0.2, -0.15) is 0 Å². The molecule has 0 fully saturated rings. The summed E-state index contributed by atoms with van der Waals surface area (Å²) in [4.78, 5) is 10.4. The van der Waals surface area contributed by atoms with Crippen LogP contribution in [0.2, 0.25) is 5.02 Å². The molecule has 0 saturated carbocycles. The first kappa shape index (κ1) is 10.9. The lowest BCUT2D eigenvalue weighted by Gasteiger charge is -2.08. The zero-order chi connectivity index (χ0) is 10.7. The first-order valence-corrected chi connectivity index (χ1v) is 4.59. The number of benzene rings is 1. The third-order valence-electron chi connectivity index (χ3n) is 2.10. The molecule has 14 heavy (non-hydrogen) atoms. The Bertz CT molecular complexity index is 361. The van der Waals surface area contributed by atoms with E-state index in [4.69, 9.17) is 16.7 Å². The highest BCUT2D eigenvalue weighted by atomic mass is 35.5. The quantitative estimate of drug-likeness (QED) is 0.812. The largest absolute Gasteiger partial charge is 0.508 e. The van der Waals surface area contributed by atoms with Crippen molar-refractivity contribution in [3.05, 3.63) is 28.3 Å². The number of rotatable bonds is 3. The highest BCUT2D eigenvalue weighted by Crippen LogP contribution is 2.28. The number of hydrogen-bond donors (Lipinski definition) is 2. The average molecular weight is 215 g/mol. The molecule has 1 rings (SSSR count). The molecule has 0 atom stereocenters. The molecule has 4 heteroatoms. The SMILES string of the molecule is Cc1c(Cl)ccc(O)c1CCC(=O)O. The van der Waals surface area contributed by atoms with Crippen LogP contribution in [0.25, 0.3) is 0 Å². The summed E-state index contributed by atoms with van der Waals surface area (Å²) < 4.78 is 0. The van der Waals surface area contributed by atoms with Crippen molar-refractivity contribution in [1.29, 1.82) is 0 Å². The van der Waals surface area contributed by atoms with Gasteiger partial charge in [-0.25, -0.2) is 0 Å². The fraction of sp³-hybridized carbons (Fsp3) is 0.300. The van der Waals surface area contributed by atoms with Crippen LogP contribution in [0.1, 0.15) is 17.5 Å². The van der Waals surface area contributed by atoms with E-state index in [-0.39, 0.29) is 12.2 Å². The Balaban J connectivity index is 2.95. The monoisotopic (exact) mass is 214 g/mol. The number of carboxylic acid groups (broad SMARTS) is 1. The van der Waals surface area contributed by atoms with Crippen molar-refractivity contribution in [2.75, 3.05) is 0 Å². The third kappa shape index (κ3) is 2.39. The number of aliphatic carboxylic acids is 1. The Hall–Kier alpha value is -1.22. The summed E-state index contributed by atoms with van der Waals surface area (Å²) >= 11 is 5.84. The lowest BCUT2D eigenvalue weighted by Crippen LogP contribution is -1.99. The van der Waals surface area contributed by atoms with Gasteiger partial charge in [-0.15, -0.1) is 0 Å². The van der Waals surface area contributed by atoms with Gasteiger partial charge in [0.05, 0.1) is 0 Å². The minimum atomic E-state index is -0.885. The van der Waals surface area contributed by atoms with Gasteiger partial charge in [0.1, 0.15) is 5.75 Å². The van der Waals surface area contributed by atoms with E-state index < -0.39 is 5.97 Å². The van der Waals surface area contributed by atoms with E-state index in [2.05, 4.69) is 0 Å². The van der Waals surface area contributed by atoms with Gasteiger partial charge >= 0.3 is 5.97 Å². The lowest BCUT2D eigenvalue weighted by molar-refractivity contribution is -0.136. The summed E-state index contributed by atoms with van der Waals surface area (Å²) in [7, 11) is 0.